The lowest BCUT2D eigenvalue weighted by Crippen LogP contribution is -2.35. The lowest BCUT2D eigenvalue weighted by atomic mass is 10.3. The molecule has 0 aliphatic carbocycles. The van der Waals surface area contributed by atoms with Crippen molar-refractivity contribution < 1.29 is 4.74 Å². The van der Waals surface area contributed by atoms with Crippen molar-refractivity contribution in [2.45, 2.75) is 13.0 Å². The van der Waals surface area contributed by atoms with E-state index in [2.05, 4.69) is 29.2 Å². The molecule has 0 saturated heterocycles. The molecule has 1 unspecified atom stereocenters. The van der Waals surface area contributed by atoms with Gasteiger partial charge >= 0.3 is 0 Å². The van der Waals surface area contributed by atoms with Crippen LogP contribution in [0.3, 0.4) is 0 Å². The molecule has 0 spiro atoms. The predicted octanol–water partition coefficient (Wildman–Crippen LogP) is 0.799. The van der Waals surface area contributed by atoms with E-state index < -0.39 is 0 Å². The van der Waals surface area contributed by atoms with Gasteiger partial charge < -0.3 is 19.5 Å². The Hall–Kier alpha value is -1.07. The molecule has 16 heavy (non-hydrogen) atoms. The van der Waals surface area contributed by atoms with Gasteiger partial charge in [0.25, 0.3) is 0 Å². The quantitative estimate of drug-likeness (QED) is 0.747. The second-order valence-electron chi connectivity index (χ2n) is 3.96. The van der Waals surface area contributed by atoms with Crippen LogP contribution in [0.5, 0.6) is 0 Å². The monoisotopic (exact) mass is 226 g/mol. The fourth-order valence-electron chi connectivity index (χ4n) is 1.44. The van der Waals surface area contributed by atoms with Crippen LogP contribution in [0.1, 0.15) is 6.92 Å². The van der Waals surface area contributed by atoms with Crippen molar-refractivity contribution in [3.63, 3.8) is 0 Å². The zero-order valence-electron chi connectivity index (χ0n) is 10.6. The van der Waals surface area contributed by atoms with E-state index in [-0.39, 0.29) is 6.10 Å². The highest BCUT2D eigenvalue weighted by molar-refractivity contribution is 5.25. The van der Waals surface area contributed by atoms with Gasteiger partial charge in [-0.1, -0.05) is 6.92 Å². The topological polar surface area (TPSA) is 42.3 Å². The third-order valence-electron chi connectivity index (χ3n) is 2.70. The highest BCUT2D eigenvalue weighted by Crippen LogP contribution is 2.02. The number of aryl methyl sites for hydroxylation is 1. The number of methoxy groups -OCH3 is 1. The van der Waals surface area contributed by atoms with E-state index in [1.807, 2.05) is 17.8 Å². The number of ether oxygens (including phenoxy) is 1. The lowest BCUT2D eigenvalue weighted by Gasteiger charge is -2.22. The number of nitrogens with one attached hydrogen (secondary N) is 1. The average Bonchev–Trinajstić information content (AvgIpc) is 2.69. The molecule has 0 saturated carbocycles. The molecule has 0 aliphatic heterocycles. The summed E-state index contributed by atoms with van der Waals surface area (Å²) >= 11 is 0. The molecule has 0 fully saturated rings. The van der Waals surface area contributed by atoms with E-state index in [9.17, 15) is 0 Å². The van der Waals surface area contributed by atoms with Gasteiger partial charge in [-0.15, -0.1) is 0 Å². The molecule has 5 heteroatoms. The largest absolute Gasteiger partial charge is 0.378 e. The zero-order chi connectivity index (χ0) is 12.0. The third-order valence-corrected chi connectivity index (χ3v) is 2.70. The van der Waals surface area contributed by atoms with Crippen molar-refractivity contribution in [2.24, 2.45) is 7.05 Å². The molecule has 0 bridgehead atoms. The first-order valence-corrected chi connectivity index (χ1v) is 5.59. The standard InChI is InChI=1S/C11H22N4O/c1-5-14(2)9-10(16-4)8-13-11-12-6-7-15(11)3/h6-7,10H,5,8-9H2,1-4H3,(H,12,13). The summed E-state index contributed by atoms with van der Waals surface area (Å²) in [6.07, 6.45) is 3.88. The maximum absolute atomic E-state index is 5.42. The minimum absolute atomic E-state index is 0.182. The second-order valence-corrected chi connectivity index (χ2v) is 3.96. The van der Waals surface area contributed by atoms with Crippen LogP contribution in [0.25, 0.3) is 0 Å². The summed E-state index contributed by atoms with van der Waals surface area (Å²) in [5.74, 6) is 0.876. The fourth-order valence-corrected chi connectivity index (χ4v) is 1.44. The molecular weight excluding hydrogens is 204 g/mol. The van der Waals surface area contributed by atoms with Crippen molar-refractivity contribution >= 4 is 5.95 Å². The molecule has 92 valence electrons. The van der Waals surface area contributed by atoms with Gasteiger partial charge in [-0.25, -0.2) is 4.98 Å². The molecule has 1 aromatic rings. The molecule has 1 N–H and O–H groups in total. The molecule has 0 aromatic carbocycles. The van der Waals surface area contributed by atoms with Crippen LogP contribution in [0.2, 0.25) is 0 Å². The van der Waals surface area contributed by atoms with Gasteiger partial charge in [0.05, 0.1) is 6.10 Å². The Labute approximate surface area is 97.4 Å². The predicted molar refractivity (Wildman–Crippen MR) is 65.7 cm³/mol. The molecule has 1 atom stereocenters. The van der Waals surface area contributed by atoms with Crippen molar-refractivity contribution in [3.8, 4) is 0 Å². The first-order chi connectivity index (χ1) is 7.67. The summed E-state index contributed by atoms with van der Waals surface area (Å²) in [5, 5.41) is 3.27. The molecule has 5 nitrogen and oxygen atoms in total. The van der Waals surface area contributed by atoms with Gasteiger partial charge in [-0.3, -0.25) is 0 Å². The first-order valence-electron chi connectivity index (χ1n) is 5.59. The normalized spacial score (nSPS) is 13.1. The van der Waals surface area contributed by atoms with Crippen molar-refractivity contribution in [2.75, 3.05) is 39.1 Å². The molecule has 1 heterocycles. The number of aromatic nitrogens is 2. The Morgan fingerprint density at radius 3 is 2.88 bits per heavy atom. The molecule has 1 aromatic heterocycles. The average molecular weight is 226 g/mol. The van der Waals surface area contributed by atoms with E-state index in [4.69, 9.17) is 4.74 Å². The molecule has 1 rings (SSSR count). The summed E-state index contributed by atoms with van der Waals surface area (Å²) < 4.78 is 7.37. The maximum atomic E-state index is 5.42. The van der Waals surface area contributed by atoms with Crippen molar-refractivity contribution in [1.29, 1.82) is 0 Å². The summed E-state index contributed by atoms with van der Waals surface area (Å²) in [4.78, 5) is 6.43. The first kappa shape index (κ1) is 13.0. The number of anilines is 1. The molecule has 0 radical (unpaired) electrons. The van der Waals surface area contributed by atoms with Gasteiger partial charge in [0.1, 0.15) is 0 Å². The number of hydrogen-bond acceptors (Lipinski definition) is 4. The van der Waals surface area contributed by atoms with Crippen LogP contribution >= 0.6 is 0 Å². The number of nitrogens with zero attached hydrogens (tertiary/aromatic N) is 3. The Morgan fingerprint density at radius 2 is 2.38 bits per heavy atom. The van der Waals surface area contributed by atoms with Crippen LogP contribution < -0.4 is 5.32 Å². The van der Waals surface area contributed by atoms with Gasteiger partial charge in [0, 0.05) is 39.6 Å². The highest BCUT2D eigenvalue weighted by atomic mass is 16.5. The molecule has 0 aliphatic rings. The number of likely N-dealkylation sites (N-methyl/N-ethyl adjacent to an activating group) is 1. The van der Waals surface area contributed by atoms with Gasteiger partial charge in [-0.05, 0) is 13.6 Å². The molecule has 0 amide bonds. The van der Waals surface area contributed by atoms with E-state index in [0.717, 1.165) is 25.6 Å². The van der Waals surface area contributed by atoms with Gasteiger partial charge in [0.15, 0.2) is 0 Å². The van der Waals surface area contributed by atoms with Gasteiger partial charge in [-0.2, -0.15) is 0 Å². The number of rotatable bonds is 7. The Bertz CT molecular complexity index is 300. The third kappa shape index (κ3) is 3.83. The summed E-state index contributed by atoms with van der Waals surface area (Å²) in [5.41, 5.74) is 0. The maximum Gasteiger partial charge on any atom is 0.202 e. The fraction of sp³-hybridized carbons (Fsp3) is 0.727. The van der Waals surface area contributed by atoms with Crippen LogP contribution in [-0.4, -0.2) is 54.3 Å². The Balaban J connectivity index is 2.37. The van der Waals surface area contributed by atoms with Crippen molar-refractivity contribution in [3.05, 3.63) is 12.4 Å². The number of imidazole rings is 1. The lowest BCUT2D eigenvalue weighted by molar-refractivity contribution is 0.0826. The van der Waals surface area contributed by atoms with Crippen molar-refractivity contribution in [1.82, 2.24) is 14.5 Å². The Kier molecular flexibility index (Phi) is 5.28. The molecular formula is C11H22N4O. The summed E-state index contributed by atoms with van der Waals surface area (Å²) in [7, 11) is 5.80. The van der Waals surface area contributed by atoms with E-state index in [1.165, 1.54) is 0 Å². The summed E-state index contributed by atoms with van der Waals surface area (Å²) in [6, 6.07) is 0. The minimum atomic E-state index is 0.182. The van der Waals surface area contributed by atoms with Gasteiger partial charge in [0.2, 0.25) is 5.95 Å². The van der Waals surface area contributed by atoms with Crippen LogP contribution in [0, 0.1) is 0 Å². The van der Waals surface area contributed by atoms with Crippen LogP contribution in [0.4, 0.5) is 5.95 Å². The Morgan fingerprint density at radius 1 is 1.62 bits per heavy atom. The minimum Gasteiger partial charge on any atom is -0.378 e. The van der Waals surface area contributed by atoms with E-state index >= 15 is 0 Å². The van der Waals surface area contributed by atoms with E-state index in [1.54, 1.807) is 13.3 Å². The SMILES string of the molecule is CCN(C)CC(CNc1nccn1C)OC. The number of hydrogen-bond donors (Lipinski definition) is 1. The second kappa shape index (κ2) is 6.50. The highest BCUT2D eigenvalue weighted by Gasteiger charge is 2.10. The van der Waals surface area contributed by atoms with Crippen LogP contribution in [-0.2, 0) is 11.8 Å². The summed E-state index contributed by atoms with van der Waals surface area (Å²) in [6.45, 7) is 4.86. The smallest absolute Gasteiger partial charge is 0.202 e. The van der Waals surface area contributed by atoms with E-state index in [0.29, 0.717) is 0 Å². The van der Waals surface area contributed by atoms with Crippen LogP contribution in [0.15, 0.2) is 12.4 Å². The zero-order valence-corrected chi connectivity index (χ0v) is 10.6.